The van der Waals surface area contributed by atoms with Gasteiger partial charge in [0, 0.05) is 57.1 Å². The number of hydrogen-bond donors (Lipinski definition) is 2. The minimum absolute atomic E-state index is 0. The number of unbranched alkanes of at least 4 members (excludes halogenated alkanes) is 1. The number of nitrogens with one attached hydrogen (secondary N) is 2. The number of nitrogens with zero attached hydrogens (tertiary/aromatic N) is 4. The Balaban J connectivity index is 0.00000364. The Hall–Kier alpha value is -1.32. The zero-order valence-electron chi connectivity index (χ0n) is 17.1. The number of guanidine groups is 1. The fourth-order valence-corrected chi connectivity index (χ4v) is 3.18. The molecule has 27 heavy (non-hydrogen) atoms. The molecule has 1 amide bonds. The van der Waals surface area contributed by atoms with E-state index in [1.807, 2.05) is 38.1 Å². The number of rotatable bonds is 8. The Morgan fingerprint density at radius 2 is 2.19 bits per heavy atom. The van der Waals surface area contributed by atoms with Crippen molar-refractivity contribution in [1.82, 2.24) is 25.1 Å². The SMILES string of the molecule is CCNC(=NCCCCn1ccnc1C)NC1CCN(C(=O)C(C)C)C1.I. The lowest BCUT2D eigenvalue weighted by molar-refractivity contribution is -0.133. The molecule has 1 saturated heterocycles. The third-order valence-electron chi connectivity index (χ3n) is 4.68. The van der Waals surface area contributed by atoms with Crippen molar-refractivity contribution in [3.63, 3.8) is 0 Å². The third kappa shape index (κ3) is 7.67. The van der Waals surface area contributed by atoms with Crippen LogP contribution >= 0.6 is 24.0 Å². The standard InChI is InChI=1S/C19H34N6O.HI/c1-5-20-19(22-9-6-7-11-24-13-10-21-16(24)4)23-17-8-12-25(14-17)18(26)15(2)3;/h10,13,15,17H,5-9,11-12,14H2,1-4H3,(H2,20,22,23);1H. The summed E-state index contributed by atoms with van der Waals surface area (Å²) in [4.78, 5) is 23.0. The number of halogens is 1. The first kappa shape index (κ1) is 23.7. The fraction of sp³-hybridized carbons (Fsp3) is 0.737. The summed E-state index contributed by atoms with van der Waals surface area (Å²) in [6.07, 6.45) is 6.96. The van der Waals surface area contributed by atoms with Crippen molar-refractivity contribution < 1.29 is 4.79 Å². The molecule has 8 heteroatoms. The van der Waals surface area contributed by atoms with Crippen LogP contribution in [0.4, 0.5) is 0 Å². The molecule has 0 spiro atoms. The van der Waals surface area contributed by atoms with E-state index in [4.69, 9.17) is 0 Å². The lowest BCUT2D eigenvalue weighted by Crippen LogP contribution is -2.45. The fourth-order valence-electron chi connectivity index (χ4n) is 3.18. The molecule has 0 aromatic carbocycles. The van der Waals surface area contributed by atoms with Crippen molar-refractivity contribution >= 4 is 35.8 Å². The number of aliphatic imine (C=N–C) groups is 1. The maximum atomic E-state index is 12.1. The Morgan fingerprint density at radius 3 is 2.81 bits per heavy atom. The Bertz CT molecular complexity index is 601. The number of carbonyl (C=O) groups excluding carboxylic acids is 1. The zero-order valence-corrected chi connectivity index (χ0v) is 19.4. The quantitative estimate of drug-likeness (QED) is 0.254. The second kappa shape index (κ2) is 12.2. The van der Waals surface area contributed by atoms with Crippen LogP contribution in [0.25, 0.3) is 0 Å². The number of aromatic nitrogens is 2. The predicted molar refractivity (Wildman–Crippen MR) is 121 cm³/mol. The van der Waals surface area contributed by atoms with E-state index >= 15 is 0 Å². The van der Waals surface area contributed by atoms with E-state index in [1.165, 1.54) is 0 Å². The van der Waals surface area contributed by atoms with Gasteiger partial charge in [-0.15, -0.1) is 24.0 Å². The molecule has 2 rings (SSSR count). The summed E-state index contributed by atoms with van der Waals surface area (Å²) in [6.45, 7) is 12.2. The molecule has 1 aromatic heterocycles. The van der Waals surface area contributed by atoms with E-state index < -0.39 is 0 Å². The van der Waals surface area contributed by atoms with E-state index in [0.717, 1.165) is 63.8 Å². The van der Waals surface area contributed by atoms with Crippen molar-refractivity contribution in [2.45, 2.75) is 59.5 Å². The van der Waals surface area contributed by atoms with Gasteiger partial charge in [0.2, 0.25) is 5.91 Å². The molecular weight excluding hydrogens is 455 g/mol. The van der Waals surface area contributed by atoms with Crippen molar-refractivity contribution in [3.05, 3.63) is 18.2 Å². The topological polar surface area (TPSA) is 74.6 Å². The molecule has 1 aromatic rings. The van der Waals surface area contributed by atoms with Gasteiger partial charge in [-0.2, -0.15) is 0 Å². The Morgan fingerprint density at radius 1 is 1.41 bits per heavy atom. The first-order valence-electron chi connectivity index (χ1n) is 9.82. The largest absolute Gasteiger partial charge is 0.357 e. The van der Waals surface area contributed by atoms with Crippen LogP contribution in [0.15, 0.2) is 17.4 Å². The van der Waals surface area contributed by atoms with Crippen molar-refractivity contribution in [1.29, 1.82) is 0 Å². The van der Waals surface area contributed by atoms with Gasteiger partial charge in [0.25, 0.3) is 0 Å². The van der Waals surface area contributed by atoms with Crippen LogP contribution in [0.3, 0.4) is 0 Å². The van der Waals surface area contributed by atoms with Gasteiger partial charge >= 0.3 is 0 Å². The van der Waals surface area contributed by atoms with Crippen LogP contribution in [-0.4, -0.2) is 58.5 Å². The normalized spacial score (nSPS) is 17.1. The molecular formula is C19H35IN6O. The highest BCUT2D eigenvalue weighted by Crippen LogP contribution is 2.12. The van der Waals surface area contributed by atoms with Crippen LogP contribution in [0.1, 0.15) is 45.9 Å². The van der Waals surface area contributed by atoms with Crippen LogP contribution in [0, 0.1) is 12.8 Å². The highest BCUT2D eigenvalue weighted by molar-refractivity contribution is 14.0. The van der Waals surface area contributed by atoms with E-state index in [0.29, 0.717) is 0 Å². The molecule has 1 aliphatic heterocycles. The van der Waals surface area contributed by atoms with Gasteiger partial charge in [0.05, 0.1) is 0 Å². The summed E-state index contributed by atoms with van der Waals surface area (Å²) in [5.74, 6) is 2.22. The molecule has 1 unspecified atom stereocenters. The highest BCUT2D eigenvalue weighted by Gasteiger charge is 2.27. The van der Waals surface area contributed by atoms with E-state index in [2.05, 4.69) is 32.1 Å². The van der Waals surface area contributed by atoms with Gasteiger partial charge in [-0.25, -0.2) is 4.98 Å². The van der Waals surface area contributed by atoms with Gasteiger partial charge in [-0.3, -0.25) is 9.79 Å². The highest BCUT2D eigenvalue weighted by atomic mass is 127. The maximum Gasteiger partial charge on any atom is 0.225 e. The summed E-state index contributed by atoms with van der Waals surface area (Å²) in [5.41, 5.74) is 0. The lowest BCUT2D eigenvalue weighted by Gasteiger charge is -2.20. The predicted octanol–water partition coefficient (Wildman–Crippen LogP) is 2.40. The molecule has 0 aliphatic carbocycles. The molecule has 2 N–H and O–H groups in total. The molecule has 0 saturated carbocycles. The molecule has 0 bridgehead atoms. The monoisotopic (exact) mass is 490 g/mol. The minimum atomic E-state index is 0. The first-order valence-corrected chi connectivity index (χ1v) is 9.82. The van der Waals surface area contributed by atoms with Crippen molar-refractivity contribution in [3.8, 4) is 0 Å². The summed E-state index contributed by atoms with van der Waals surface area (Å²) >= 11 is 0. The summed E-state index contributed by atoms with van der Waals surface area (Å²) in [5, 5.41) is 6.79. The molecule has 2 heterocycles. The second-order valence-electron chi connectivity index (χ2n) is 7.20. The van der Waals surface area contributed by atoms with Gasteiger partial charge < -0.3 is 20.1 Å². The van der Waals surface area contributed by atoms with E-state index in [9.17, 15) is 4.79 Å². The average molecular weight is 490 g/mol. The molecule has 1 atom stereocenters. The molecule has 1 fully saturated rings. The number of likely N-dealkylation sites (tertiary alicyclic amines) is 1. The van der Waals surface area contributed by atoms with Crippen molar-refractivity contribution in [2.24, 2.45) is 10.9 Å². The number of hydrogen-bond acceptors (Lipinski definition) is 3. The Kier molecular flexibility index (Phi) is 10.7. The minimum Gasteiger partial charge on any atom is -0.357 e. The molecule has 7 nitrogen and oxygen atoms in total. The zero-order chi connectivity index (χ0) is 18.9. The lowest BCUT2D eigenvalue weighted by atomic mass is 10.2. The third-order valence-corrected chi connectivity index (χ3v) is 4.68. The van der Waals surface area contributed by atoms with Crippen LogP contribution < -0.4 is 10.6 Å². The number of aryl methyl sites for hydroxylation is 2. The number of amides is 1. The van der Waals surface area contributed by atoms with Crippen LogP contribution in [0.2, 0.25) is 0 Å². The van der Waals surface area contributed by atoms with Gasteiger partial charge in [-0.05, 0) is 33.1 Å². The summed E-state index contributed by atoms with van der Waals surface area (Å²) in [6, 6.07) is 0.282. The first-order chi connectivity index (χ1) is 12.5. The summed E-state index contributed by atoms with van der Waals surface area (Å²) in [7, 11) is 0. The molecule has 0 radical (unpaired) electrons. The maximum absolute atomic E-state index is 12.1. The molecule has 1 aliphatic rings. The van der Waals surface area contributed by atoms with Gasteiger partial charge in [-0.1, -0.05) is 13.8 Å². The van der Waals surface area contributed by atoms with Gasteiger partial charge in [0.15, 0.2) is 5.96 Å². The summed E-state index contributed by atoms with van der Waals surface area (Å²) < 4.78 is 2.17. The smallest absolute Gasteiger partial charge is 0.225 e. The van der Waals surface area contributed by atoms with Crippen LogP contribution in [-0.2, 0) is 11.3 Å². The van der Waals surface area contributed by atoms with Crippen molar-refractivity contribution in [2.75, 3.05) is 26.2 Å². The van der Waals surface area contributed by atoms with E-state index in [-0.39, 0.29) is 41.8 Å². The number of imidazole rings is 1. The Labute approximate surface area is 180 Å². The number of carbonyl (C=O) groups is 1. The molecule has 154 valence electrons. The van der Waals surface area contributed by atoms with E-state index in [1.54, 1.807) is 0 Å². The van der Waals surface area contributed by atoms with Crippen LogP contribution in [0.5, 0.6) is 0 Å². The average Bonchev–Trinajstić information content (AvgIpc) is 3.23. The second-order valence-corrected chi connectivity index (χ2v) is 7.20. The van der Waals surface area contributed by atoms with Gasteiger partial charge in [0.1, 0.15) is 5.82 Å².